The molecule has 2 aromatic carbocycles. The van der Waals surface area contributed by atoms with E-state index in [9.17, 15) is 14.3 Å². The molecule has 0 aliphatic heterocycles. The molecule has 0 aliphatic rings. The molecule has 0 aliphatic carbocycles. The van der Waals surface area contributed by atoms with Gasteiger partial charge in [-0.25, -0.2) is 9.18 Å². The number of aliphatic carboxylic acids is 1. The van der Waals surface area contributed by atoms with Crippen molar-refractivity contribution in [1.82, 2.24) is 0 Å². The van der Waals surface area contributed by atoms with Gasteiger partial charge in [0.05, 0.1) is 12.1 Å². The Morgan fingerprint density at radius 3 is 2.71 bits per heavy atom. The van der Waals surface area contributed by atoms with E-state index >= 15 is 0 Å². The minimum Gasteiger partial charge on any atom is -0.497 e. The second kappa shape index (κ2) is 6.45. The number of benzene rings is 2. The summed E-state index contributed by atoms with van der Waals surface area (Å²) >= 11 is 5.70. The molecule has 21 heavy (non-hydrogen) atoms. The first kappa shape index (κ1) is 15.1. The third kappa shape index (κ3) is 3.44. The van der Waals surface area contributed by atoms with Gasteiger partial charge in [-0.05, 0) is 18.2 Å². The molecule has 2 rings (SSSR count). The molecule has 110 valence electrons. The summed E-state index contributed by atoms with van der Waals surface area (Å²) in [6.07, 6.45) is 0. The van der Waals surface area contributed by atoms with Crippen LogP contribution in [-0.2, 0) is 4.79 Å². The molecule has 2 N–H and O–H groups in total. The van der Waals surface area contributed by atoms with E-state index in [1.807, 2.05) is 0 Å². The average Bonchev–Trinajstić information content (AvgIpc) is 2.48. The summed E-state index contributed by atoms with van der Waals surface area (Å²) in [5.41, 5.74) is 0.471. The zero-order chi connectivity index (χ0) is 15.4. The van der Waals surface area contributed by atoms with E-state index in [0.29, 0.717) is 11.4 Å². The highest BCUT2D eigenvalue weighted by Gasteiger charge is 2.24. The summed E-state index contributed by atoms with van der Waals surface area (Å²) in [5, 5.41) is 12.0. The van der Waals surface area contributed by atoms with Gasteiger partial charge in [0, 0.05) is 17.3 Å². The number of carbonyl (C=O) groups is 1. The zero-order valence-corrected chi connectivity index (χ0v) is 11.9. The Labute approximate surface area is 126 Å². The van der Waals surface area contributed by atoms with E-state index < -0.39 is 17.8 Å². The van der Waals surface area contributed by atoms with Crippen LogP contribution in [0.4, 0.5) is 10.1 Å². The molecule has 4 nitrogen and oxygen atoms in total. The minimum absolute atomic E-state index is 0.0298. The van der Waals surface area contributed by atoms with Gasteiger partial charge in [-0.2, -0.15) is 0 Å². The first-order valence-corrected chi connectivity index (χ1v) is 6.48. The SMILES string of the molecule is COc1cccc(NC(C(=O)O)c2cccc(Cl)c2F)c1. The van der Waals surface area contributed by atoms with Crippen LogP contribution in [0.2, 0.25) is 5.02 Å². The molecule has 0 spiro atoms. The van der Waals surface area contributed by atoms with Crippen molar-refractivity contribution in [3.63, 3.8) is 0 Å². The fraction of sp³-hybridized carbons (Fsp3) is 0.133. The summed E-state index contributed by atoms with van der Waals surface area (Å²) < 4.78 is 19.1. The second-order valence-corrected chi connectivity index (χ2v) is 4.70. The van der Waals surface area contributed by atoms with Crippen molar-refractivity contribution in [1.29, 1.82) is 0 Å². The summed E-state index contributed by atoms with van der Waals surface area (Å²) in [5.74, 6) is -1.39. The van der Waals surface area contributed by atoms with Crippen molar-refractivity contribution in [2.45, 2.75) is 6.04 Å². The first-order valence-electron chi connectivity index (χ1n) is 6.10. The Kier molecular flexibility index (Phi) is 4.65. The van der Waals surface area contributed by atoms with Crippen LogP contribution in [0.1, 0.15) is 11.6 Å². The van der Waals surface area contributed by atoms with Crippen LogP contribution in [-0.4, -0.2) is 18.2 Å². The normalized spacial score (nSPS) is 11.8. The van der Waals surface area contributed by atoms with Crippen LogP contribution < -0.4 is 10.1 Å². The van der Waals surface area contributed by atoms with Crippen LogP contribution in [0, 0.1) is 5.82 Å². The Bertz CT molecular complexity index is 663. The molecular weight excluding hydrogens is 297 g/mol. The van der Waals surface area contributed by atoms with E-state index in [4.69, 9.17) is 16.3 Å². The van der Waals surface area contributed by atoms with Crippen molar-refractivity contribution in [3.05, 3.63) is 58.9 Å². The molecule has 0 aromatic heterocycles. The van der Waals surface area contributed by atoms with Gasteiger partial charge in [0.2, 0.25) is 0 Å². The van der Waals surface area contributed by atoms with Gasteiger partial charge in [0.1, 0.15) is 11.6 Å². The fourth-order valence-corrected chi connectivity index (χ4v) is 2.08. The highest BCUT2D eigenvalue weighted by Crippen LogP contribution is 2.27. The number of carboxylic acid groups (broad SMARTS) is 1. The smallest absolute Gasteiger partial charge is 0.330 e. The molecule has 0 heterocycles. The largest absolute Gasteiger partial charge is 0.497 e. The topological polar surface area (TPSA) is 58.6 Å². The predicted molar refractivity (Wildman–Crippen MR) is 78.4 cm³/mol. The molecule has 0 amide bonds. The highest BCUT2D eigenvalue weighted by atomic mass is 35.5. The van der Waals surface area contributed by atoms with Crippen molar-refractivity contribution in [3.8, 4) is 5.75 Å². The van der Waals surface area contributed by atoms with Gasteiger partial charge < -0.3 is 15.2 Å². The van der Waals surface area contributed by atoms with Gasteiger partial charge in [-0.1, -0.05) is 29.8 Å². The first-order chi connectivity index (χ1) is 10.0. The summed E-state index contributed by atoms with van der Waals surface area (Å²) in [6.45, 7) is 0. The summed E-state index contributed by atoms with van der Waals surface area (Å²) in [7, 11) is 1.50. The van der Waals surface area contributed by atoms with Crippen LogP contribution in [0.5, 0.6) is 5.75 Å². The number of hydrogen-bond donors (Lipinski definition) is 2. The molecule has 0 saturated carbocycles. The second-order valence-electron chi connectivity index (χ2n) is 4.29. The van der Waals surface area contributed by atoms with Gasteiger partial charge in [-0.15, -0.1) is 0 Å². The van der Waals surface area contributed by atoms with Gasteiger partial charge in [0.15, 0.2) is 6.04 Å². The van der Waals surface area contributed by atoms with Crippen molar-refractivity contribution < 1.29 is 19.0 Å². The Morgan fingerprint density at radius 2 is 2.05 bits per heavy atom. The summed E-state index contributed by atoms with van der Waals surface area (Å²) in [6, 6.07) is 9.71. The van der Waals surface area contributed by atoms with E-state index in [1.54, 1.807) is 24.3 Å². The number of methoxy groups -OCH3 is 1. The van der Waals surface area contributed by atoms with Gasteiger partial charge in [-0.3, -0.25) is 0 Å². The Balaban J connectivity index is 2.35. The Hall–Kier alpha value is -2.27. The molecular formula is C15H13ClFNO3. The molecule has 0 saturated heterocycles. The lowest BCUT2D eigenvalue weighted by molar-refractivity contribution is -0.138. The molecule has 0 bridgehead atoms. The predicted octanol–water partition coefficient (Wildman–Crippen LogP) is 3.73. The van der Waals surface area contributed by atoms with E-state index in [-0.39, 0.29) is 10.6 Å². The molecule has 0 fully saturated rings. The van der Waals surface area contributed by atoms with Crippen molar-refractivity contribution in [2.24, 2.45) is 0 Å². The fourth-order valence-electron chi connectivity index (χ4n) is 1.90. The Morgan fingerprint density at radius 1 is 1.33 bits per heavy atom. The lowest BCUT2D eigenvalue weighted by atomic mass is 10.1. The van der Waals surface area contributed by atoms with Gasteiger partial charge in [0.25, 0.3) is 0 Å². The van der Waals surface area contributed by atoms with E-state index in [0.717, 1.165) is 0 Å². The highest BCUT2D eigenvalue weighted by molar-refractivity contribution is 6.30. The van der Waals surface area contributed by atoms with Crippen LogP contribution >= 0.6 is 11.6 Å². The third-order valence-corrected chi connectivity index (χ3v) is 3.21. The molecule has 0 radical (unpaired) electrons. The number of nitrogens with one attached hydrogen (secondary N) is 1. The zero-order valence-electron chi connectivity index (χ0n) is 11.1. The molecule has 6 heteroatoms. The summed E-state index contributed by atoms with van der Waals surface area (Å²) in [4.78, 5) is 11.4. The van der Waals surface area contributed by atoms with Crippen LogP contribution in [0.25, 0.3) is 0 Å². The van der Waals surface area contributed by atoms with E-state index in [1.165, 1.54) is 25.3 Å². The monoisotopic (exact) mass is 309 g/mol. The van der Waals surface area contributed by atoms with Crippen molar-refractivity contribution >= 4 is 23.3 Å². The van der Waals surface area contributed by atoms with Crippen molar-refractivity contribution in [2.75, 3.05) is 12.4 Å². The van der Waals surface area contributed by atoms with Crippen LogP contribution in [0.3, 0.4) is 0 Å². The van der Waals surface area contributed by atoms with Crippen LogP contribution in [0.15, 0.2) is 42.5 Å². The lowest BCUT2D eigenvalue weighted by Crippen LogP contribution is -2.21. The third-order valence-electron chi connectivity index (χ3n) is 2.92. The number of hydrogen-bond acceptors (Lipinski definition) is 3. The number of rotatable bonds is 5. The number of carboxylic acids is 1. The maximum atomic E-state index is 14.0. The molecule has 1 unspecified atom stereocenters. The maximum absolute atomic E-state index is 14.0. The number of anilines is 1. The average molecular weight is 310 g/mol. The maximum Gasteiger partial charge on any atom is 0.330 e. The molecule has 1 atom stereocenters. The lowest BCUT2D eigenvalue weighted by Gasteiger charge is -2.17. The van der Waals surface area contributed by atoms with Gasteiger partial charge >= 0.3 is 5.97 Å². The minimum atomic E-state index is -1.25. The van der Waals surface area contributed by atoms with E-state index in [2.05, 4.69) is 5.32 Å². The number of halogens is 2. The standard InChI is InChI=1S/C15H13ClFNO3/c1-21-10-5-2-4-9(8-10)18-14(15(19)20)11-6-3-7-12(16)13(11)17/h2-8,14,18H,1H3,(H,19,20). The number of ether oxygens (including phenoxy) is 1. The molecule has 2 aromatic rings. The quantitative estimate of drug-likeness (QED) is 0.883.